The van der Waals surface area contributed by atoms with Gasteiger partial charge in [0.15, 0.2) is 0 Å². The minimum atomic E-state index is -0.332. The topological polar surface area (TPSA) is 59.2 Å². The van der Waals surface area contributed by atoms with E-state index in [4.69, 9.17) is 14.3 Å². The molecule has 5 rings (SSSR count). The predicted octanol–water partition coefficient (Wildman–Crippen LogP) is 2.68. The van der Waals surface area contributed by atoms with Gasteiger partial charge in [0, 0.05) is 6.04 Å². The van der Waals surface area contributed by atoms with E-state index in [2.05, 4.69) is 56.2 Å². The van der Waals surface area contributed by atoms with Crippen molar-refractivity contribution in [3.05, 3.63) is 24.0 Å². The molecule has 5 nitrogen and oxygen atoms in total. The summed E-state index contributed by atoms with van der Waals surface area (Å²) in [5, 5.41) is 3.72. The number of fused-ring (bicyclic) bond motifs is 3. The molecular weight excluding hydrogens is 313 g/mol. The maximum absolute atomic E-state index is 6.18. The van der Waals surface area contributed by atoms with E-state index in [-0.39, 0.29) is 18.3 Å². The lowest BCUT2D eigenvalue weighted by atomic mass is 9.79. The van der Waals surface area contributed by atoms with Gasteiger partial charge < -0.3 is 19.6 Å². The molecule has 1 aromatic heterocycles. The number of hydrogen-bond acceptors (Lipinski definition) is 4. The summed E-state index contributed by atoms with van der Waals surface area (Å²) in [6.07, 6.45) is 3.92. The number of imidazole rings is 1. The van der Waals surface area contributed by atoms with E-state index in [1.807, 2.05) is 0 Å². The standard InChI is InChI=1S/C19H26BN3O2/c1-18(2)19(3,4)25-20(24-18)12-6-8-14-15(10-12)23-17(22-14)16-11-5-7-13(9-11)21-16/h6,8,10-11,13,16,21H,5,7,9H2,1-4H3,(H,22,23). The molecule has 3 aliphatic rings. The molecule has 0 amide bonds. The number of hydrogen-bond donors (Lipinski definition) is 2. The third-order valence-electron chi connectivity index (χ3n) is 6.70. The lowest BCUT2D eigenvalue weighted by Crippen LogP contribution is -2.41. The van der Waals surface area contributed by atoms with Crippen molar-refractivity contribution in [1.82, 2.24) is 15.3 Å². The summed E-state index contributed by atoms with van der Waals surface area (Å²) in [4.78, 5) is 8.38. The van der Waals surface area contributed by atoms with E-state index < -0.39 is 0 Å². The summed E-state index contributed by atoms with van der Waals surface area (Å²) in [5.74, 6) is 1.81. The molecular formula is C19H26BN3O2. The first kappa shape index (κ1) is 15.9. The zero-order chi connectivity index (χ0) is 17.4. The SMILES string of the molecule is CC1(C)OB(c2ccc3nc(C4NC5CCC4C5)[nH]c3c2)OC1(C)C. The van der Waals surface area contributed by atoms with Crippen LogP contribution in [0.1, 0.15) is 58.8 Å². The second-order valence-corrected chi connectivity index (χ2v) is 8.90. The van der Waals surface area contributed by atoms with Crippen molar-refractivity contribution in [2.75, 3.05) is 0 Å². The first-order chi connectivity index (χ1) is 11.8. The van der Waals surface area contributed by atoms with Crippen LogP contribution in [0.15, 0.2) is 18.2 Å². The van der Waals surface area contributed by atoms with Gasteiger partial charge in [0.1, 0.15) is 5.82 Å². The van der Waals surface area contributed by atoms with Crippen molar-refractivity contribution < 1.29 is 9.31 Å². The number of nitrogens with zero attached hydrogens (tertiary/aromatic N) is 1. The van der Waals surface area contributed by atoms with E-state index in [1.165, 1.54) is 19.3 Å². The second kappa shape index (κ2) is 5.09. The molecule has 0 spiro atoms. The Morgan fingerprint density at radius 3 is 2.52 bits per heavy atom. The van der Waals surface area contributed by atoms with Gasteiger partial charge in [-0.2, -0.15) is 0 Å². The second-order valence-electron chi connectivity index (χ2n) is 8.90. The van der Waals surface area contributed by atoms with Gasteiger partial charge in [-0.15, -0.1) is 0 Å². The molecule has 1 aliphatic carbocycles. The summed E-state index contributed by atoms with van der Waals surface area (Å²) in [6.45, 7) is 8.34. The molecule has 6 heteroatoms. The number of piperidine rings is 1. The van der Waals surface area contributed by atoms with Gasteiger partial charge >= 0.3 is 7.12 Å². The summed E-state index contributed by atoms with van der Waals surface area (Å²) in [6, 6.07) is 7.34. The van der Waals surface area contributed by atoms with E-state index >= 15 is 0 Å². The predicted molar refractivity (Wildman–Crippen MR) is 98.8 cm³/mol. The highest BCUT2D eigenvalue weighted by Gasteiger charge is 2.51. The Hall–Kier alpha value is -1.37. The summed E-state index contributed by atoms with van der Waals surface area (Å²) in [5.41, 5.74) is 2.48. The van der Waals surface area contributed by atoms with Crippen LogP contribution in [0.4, 0.5) is 0 Å². The molecule has 25 heavy (non-hydrogen) atoms. The zero-order valence-electron chi connectivity index (χ0n) is 15.4. The molecule has 2 aliphatic heterocycles. The quantitative estimate of drug-likeness (QED) is 0.826. The third kappa shape index (κ3) is 2.38. The molecule has 1 aromatic carbocycles. The average molecular weight is 339 g/mol. The molecule has 2 saturated heterocycles. The normalized spacial score (nSPS) is 32.8. The summed E-state index contributed by atoms with van der Waals surface area (Å²) >= 11 is 0. The van der Waals surface area contributed by atoms with Crippen molar-refractivity contribution in [2.24, 2.45) is 5.92 Å². The monoisotopic (exact) mass is 339 g/mol. The Balaban J connectivity index is 1.45. The van der Waals surface area contributed by atoms with Crippen molar-refractivity contribution >= 4 is 23.6 Å². The fourth-order valence-corrected chi connectivity index (χ4v) is 4.48. The minimum Gasteiger partial charge on any atom is -0.399 e. The van der Waals surface area contributed by atoms with Gasteiger partial charge in [-0.25, -0.2) is 4.98 Å². The van der Waals surface area contributed by atoms with Gasteiger partial charge in [-0.05, 0) is 70.5 Å². The van der Waals surface area contributed by atoms with E-state index in [0.29, 0.717) is 12.1 Å². The Kier molecular flexibility index (Phi) is 3.23. The average Bonchev–Trinajstić information content (AvgIpc) is 3.29. The number of benzene rings is 1. The lowest BCUT2D eigenvalue weighted by molar-refractivity contribution is 0.00578. The Morgan fingerprint density at radius 2 is 1.88 bits per heavy atom. The van der Waals surface area contributed by atoms with Crippen LogP contribution >= 0.6 is 0 Å². The number of aromatic nitrogens is 2. The largest absolute Gasteiger partial charge is 0.494 e. The molecule has 3 heterocycles. The summed E-state index contributed by atoms with van der Waals surface area (Å²) in [7, 11) is -0.332. The maximum Gasteiger partial charge on any atom is 0.494 e. The van der Waals surface area contributed by atoms with Crippen molar-refractivity contribution in [2.45, 2.75) is 70.2 Å². The van der Waals surface area contributed by atoms with Crippen LogP contribution in [-0.2, 0) is 9.31 Å². The molecule has 0 radical (unpaired) electrons. The molecule has 3 unspecified atom stereocenters. The molecule has 2 N–H and O–H groups in total. The van der Waals surface area contributed by atoms with Crippen LogP contribution in [0.25, 0.3) is 11.0 Å². The van der Waals surface area contributed by atoms with Crippen LogP contribution in [-0.4, -0.2) is 34.3 Å². The molecule has 3 atom stereocenters. The number of nitrogens with one attached hydrogen (secondary N) is 2. The maximum atomic E-state index is 6.18. The van der Waals surface area contributed by atoms with E-state index in [1.54, 1.807) is 0 Å². The highest BCUT2D eigenvalue weighted by Crippen LogP contribution is 2.42. The van der Waals surface area contributed by atoms with Gasteiger partial charge in [0.25, 0.3) is 0 Å². The molecule has 2 aromatic rings. The summed E-state index contributed by atoms with van der Waals surface area (Å²) < 4.78 is 12.4. The van der Waals surface area contributed by atoms with Gasteiger partial charge in [0.2, 0.25) is 0 Å². The first-order valence-corrected chi connectivity index (χ1v) is 9.44. The molecule has 132 valence electrons. The lowest BCUT2D eigenvalue weighted by Gasteiger charge is -2.32. The van der Waals surface area contributed by atoms with Crippen molar-refractivity contribution in [1.29, 1.82) is 0 Å². The van der Waals surface area contributed by atoms with Gasteiger partial charge in [0.05, 0.1) is 28.3 Å². The highest BCUT2D eigenvalue weighted by atomic mass is 16.7. The van der Waals surface area contributed by atoms with Crippen LogP contribution in [0.3, 0.4) is 0 Å². The fraction of sp³-hybridized carbons (Fsp3) is 0.632. The highest BCUT2D eigenvalue weighted by molar-refractivity contribution is 6.62. The minimum absolute atomic E-state index is 0.321. The van der Waals surface area contributed by atoms with Gasteiger partial charge in [-0.1, -0.05) is 6.07 Å². The van der Waals surface area contributed by atoms with Crippen molar-refractivity contribution in [3.63, 3.8) is 0 Å². The van der Waals surface area contributed by atoms with Crippen LogP contribution in [0.5, 0.6) is 0 Å². The molecule has 2 bridgehead atoms. The van der Waals surface area contributed by atoms with Crippen LogP contribution in [0.2, 0.25) is 0 Å². The first-order valence-electron chi connectivity index (χ1n) is 9.44. The fourth-order valence-electron chi connectivity index (χ4n) is 4.48. The zero-order valence-corrected chi connectivity index (χ0v) is 15.4. The van der Waals surface area contributed by atoms with Crippen LogP contribution < -0.4 is 10.8 Å². The number of aromatic amines is 1. The smallest absolute Gasteiger partial charge is 0.399 e. The Labute approximate surface area is 149 Å². The van der Waals surface area contributed by atoms with E-state index in [9.17, 15) is 0 Å². The van der Waals surface area contributed by atoms with Crippen LogP contribution in [0, 0.1) is 5.92 Å². The Morgan fingerprint density at radius 1 is 1.12 bits per heavy atom. The third-order valence-corrected chi connectivity index (χ3v) is 6.70. The number of rotatable bonds is 2. The van der Waals surface area contributed by atoms with Crippen molar-refractivity contribution in [3.8, 4) is 0 Å². The number of H-pyrrole nitrogens is 1. The molecule has 3 fully saturated rings. The molecule has 1 saturated carbocycles. The Bertz CT molecular complexity index is 815. The van der Waals surface area contributed by atoms with Gasteiger partial charge in [-0.3, -0.25) is 0 Å². The van der Waals surface area contributed by atoms with E-state index in [0.717, 1.165) is 28.2 Å².